The van der Waals surface area contributed by atoms with Gasteiger partial charge in [-0.1, -0.05) is 0 Å². The topological polar surface area (TPSA) is 89.8 Å². The van der Waals surface area contributed by atoms with Gasteiger partial charge < -0.3 is 19.3 Å². The van der Waals surface area contributed by atoms with Gasteiger partial charge in [-0.3, -0.25) is 9.36 Å². The SMILES string of the molecule is CCn1c(N2CCC3(CC2)CC(OC)CN(C)C3=O)nc2cc(C(=O)OC)cnc21. The fraction of sp³-hybridized carbons (Fsp3) is 0.619. The highest BCUT2D eigenvalue weighted by atomic mass is 16.5. The summed E-state index contributed by atoms with van der Waals surface area (Å²) in [7, 11) is 4.93. The van der Waals surface area contributed by atoms with Crippen LogP contribution < -0.4 is 4.90 Å². The molecule has 2 aliphatic rings. The zero-order valence-electron chi connectivity index (χ0n) is 18.1. The Labute approximate surface area is 176 Å². The monoisotopic (exact) mass is 415 g/mol. The third-order valence-corrected chi connectivity index (χ3v) is 6.54. The molecule has 0 aliphatic carbocycles. The molecule has 2 aromatic rings. The number of rotatable bonds is 4. The maximum atomic E-state index is 13.0. The van der Waals surface area contributed by atoms with Crippen LogP contribution in [0.15, 0.2) is 12.3 Å². The van der Waals surface area contributed by atoms with Crippen LogP contribution in [-0.2, 0) is 20.8 Å². The average molecular weight is 415 g/mol. The van der Waals surface area contributed by atoms with E-state index in [0.29, 0.717) is 24.2 Å². The van der Waals surface area contributed by atoms with Crippen molar-refractivity contribution in [2.45, 2.75) is 38.8 Å². The molecule has 1 spiro atoms. The van der Waals surface area contributed by atoms with Gasteiger partial charge in [0.1, 0.15) is 5.52 Å². The quantitative estimate of drug-likeness (QED) is 0.702. The molecule has 4 rings (SSSR count). The Kier molecular flexibility index (Phi) is 5.40. The molecular formula is C21H29N5O4. The number of aryl methyl sites for hydroxylation is 1. The summed E-state index contributed by atoms with van der Waals surface area (Å²) in [6, 6.07) is 1.72. The smallest absolute Gasteiger partial charge is 0.339 e. The Hall–Kier alpha value is -2.68. The molecule has 1 unspecified atom stereocenters. The number of hydrogen-bond acceptors (Lipinski definition) is 7. The molecule has 0 bridgehead atoms. The molecule has 0 radical (unpaired) electrons. The minimum absolute atomic E-state index is 0.0837. The number of imidazole rings is 1. The lowest BCUT2D eigenvalue weighted by atomic mass is 9.71. The van der Waals surface area contributed by atoms with Gasteiger partial charge in [-0.25, -0.2) is 14.8 Å². The number of likely N-dealkylation sites (N-methyl/N-ethyl adjacent to an activating group) is 1. The van der Waals surface area contributed by atoms with Gasteiger partial charge in [0.15, 0.2) is 5.65 Å². The van der Waals surface area contributed by atoms with Gasteiger partial charge in [0.25, 0.3) is 0 Å². The zero-order chi connectivity index (χ0) is 21.5. The number of ether oxygens (including phenoxy) is 2. The largest absolute Gasteiger partial charge is 0.465 e. The van der Waals surface area contributed by atoms with Crippen molar-refractivity contribution in [2.24, 2.45) is 5.41 Å². The molecule has 1 atom stereocenters. The first-order valence-electron chi connectivity index (χ1n) is 10.4. The highest BCUT2D eigenvalue weighted by Gasteiger charge is 2.48. The molecule has 9 heteroatoms. The van der Waals surface area contributed by atoms with Crippen LogP contribution in [0.5, 0.6) is 0 Å². The van der Waals surface area contributed by atoms with Gasteiger partial charge in [0.2, 0.25) is 11.9 Å². The molecule has 9 nitrogen and oxygen atoms in total. The van der Waals surface area contributed by atoms with Crippen LogP contribution in [0.25, 0.3) is 11.2 Å². The molecule has 2 fully saturated rings. The number of nitrogens with zero attached hydrogens (tertiary/aromatic N) is 5. The van der Waals surface area contributed by atoms with Crippen molar-refractivity contribution in [1.29, 1.82) is 0 Å². The number of esters is 1. The molecule has 0 aromatic carbocycles. The lowest BCUT2D eigenvalue weighted by Gasteiger charge is -2.47. The number of carbonyl (C=O) groups excluding carboxylic acids is 2. The lowest BCUT2D eigenvalue weighted by Crippen LogP contribution is -2.56. The maximum Gasteiger partial charge on any atom is 0.339 e. The number of likely N-dealkylation sites (tertiary alicyclic amines) is 1. The van der Waals surface area contributed by atoms with Crippen molar-refractivity contribution in [2.75, 3.05) is 45.8 Å². The number of hydrogen-bond donors (Lipinski definition) is 0. The van der Waals surface area contributed by atoms with Gasteiger partial charge in [-0.2, -0.15) is 0 Å². The number of amides is 1. The number of fused-ring (bicyclic) bond motifs is 1. The van der Waals surface area contributed by atoms with Crippen LogP contribution in [-0.4, -0.2) is 78.3 Å². The second kappa shape index (κ2) is 7.86. The standard InChI is InChI=1S/C21H29N5O4/c1-5-26-17-16(10-14(12-22-17)18(27)30-4)23-20(26)25-8-6-21(7-9-25)11-15(29-3)13-24(2)19(21)28/h10,12,15H,5-9,11,13H2,1-4H3. The Bertz CT molecular complexity index is 964. The maximum absolute atomic E-state index is 13.0. The van der Waals surface area contributed by atoms with Crippen LogP contribution in [0.1, 0.15) is 36.5 Å². The van der Waals surface area contributed by atoms with E-state index < -0.39 is 5.97 Å². The van der Waals surface area contributed by atoms with Gasteiger partial charge in [-0.15, -0.1) is 0 Å². The van der Waals surface area contributed by atoms with Crippen molar-refractivity contribution < 1.29 is 19.1 Å². The molecule has 162 valence electrons. The van der Waals surface area contributed by atoms with Crippen LogP contribution in [0.2, 0.25) is 0 Å². The van der Waals surface area contributed by atoms with Crippen LogP contribution in [0.4, 0.5) is 5.95 Å². The minimum Gasteiger partial charge on any atom is -0.465 e. The summed E-state index contributed by atoms with van der Waals surface area (Å²) in [4.78, 5) is 38.1. The third kappa shape index (κ3) is 3.30. The summed E-state index contributed by atoms with van der Waals surface area (Å²) in [6.45, 7) is 4.90. The van der Waals surface area contributed by atoms with E-state index in [1.165, 1.54) is 13.3 Å². The summed E-state index contributed by atoms with van der Waals surface area (Å²) in [5.74, 6) is 0.630. The number of anilines is 1. The summed E-state index contributed by atoms with van der Waals surface area (Å²) >= 11 is 0. The number of carbonyl (C=O) groups is 2. The second-order valence-electron chi connectivity index (χ2n) is 8.23. The predicted molar refractivity (Wildman–Crippen MR) is 111 cm³/mol. The van der Waals surface area contributed by atoms with Crippen molar-refractivity contribution in [3.05, 3.63) is 17.8 Å². The molecule has 0 N–H and O–H groups in total. The molecule has 2 saturated heterocycles. The molecule has 30 heavy (non-hydrogen) atoms. The zero-order valence-corrected chi connectivity index (χ0v) is 18.1. The van der Waals surface area contributed by atoms with Crippen molar-refractivity contribution >= 4 is 29.0 Å². The van der Waals surface area contributed by atoms with Gasteiger partial charge in [-0.05, 0) is 32.3 Å². The first kappa shape index (κ1) is 20.6. The number of aromatic nitrogens is 3. The van der Waals surface area contributed by atoms with Gasteiger partial charge >= 0.3 is 5.97 Å². The Morgan fingerprint density at radius 3 is 2.67 bits per heavy atom. The second-order valence-corrected chi connectivity index (χ2v) is 8.23. The van der Waals surface area contributed by atoms with Crippen molar-refractivity contribution in [3.63, 3.8) is 0 Å². The Morgan fingerprint density at radius 1 is 1.30 bits per heavy atom. The van der Waals surface area contributed by atoms with E-state index in [9.17, 15) is 9.59 Å². The Balaban J connectivity index is 1.60. The number of piperidine rings is 2. The van der Waals surface area contributed by atoms with Crippen LogP contribution in [0, 0.1) is 5.41 Å². The molecule has 0 saturated carbocycles. The van der Waals surface area contributed by atoms with Gasteiger partial charge in [0, 0.05) is 46.5 Å². The first-order chi connectivity index (χ1) is 14.4. The van der Waals surface area contributed by atoms with E-state index in [-0.39, 0.29) is 17.4 Å². The first-order valence-corrected chi connectivity index (χ1v) is 10.4. The van der Waals surface area contributed by atoms with E-state index in [1.54, 1.807) is 13.2 Å². The summed E-state index contributed by atoms with van der Waals surface area (Å²) in [6.07, 6.45) is 3.92. The molecule has 4 heterocycles. The minimum atomic E-state index is -0.426. The number of pyridine rings is 1. The average Bonchev–Trinajstić information content (AvgIpc) is 3.14. The van der Waals surface area contributed by atoms with E-state index in [0.717, 1.165) is 43.9 Å². The van der Waals surface area contributed by atoms with Crippen LogP contribution >= 0.6 is 0 Å². The highest BCUT2D eigenvalue weighted by molar-refractivity contribution is 5.92. The summed E-state index contributed by atoms with van der Waals surface area (Å²) < 4.78 is 12.4. The predicted octanol–water partition coefficient (Wildman–Crippen LogP) is 1.70. The van der Waals surface area contributed by atoms with Crippen molar-refractivity contribution in [1.82, 2.24) is 19.4 Å². The molecule has 2 aromatic heterocycles. The van der Waals surface area contributed by atoms with E-state index in [2.05, 4.69) is 21.4 Å². The fourth-order valence-electron chi connectivity index (χ4n) is 4.85. The highest BCUT2D eigenvalue weighted by Crippen LogP contribution is 2.42. The molecule has 2 aliphatic heterocycles. The fourth-order valence-corrected chi connectivity index (χ4v) is 4.85. The van der Waals surface area contributed by atoms with E-state index in [1.807, 2.05) is 11.9 Å². The van der Waals surface area contributed by atoms with Crippen molar-refractivity contribution in [3.8, 4) is 0 Å². The molecular weight excluding hydrogens is 386 g/mol. The summed E-state index contributed by atoms with van der Waals surface area (Å²) in [5.41, 5.74) is 1.44. The normalized spacial score (nSPS) is 21.5. The number of methoxy groups -OCH3 is 2. The Morgan fingerprint density at radius 2 is 2.03 bits per heavy atom. The lowest BCUT2D eigenvalue weighted by molar-refractivity contribution is -0.153. The van der Waals surface area contributed by atoms with Crippen LogP contribution in [0.3, 0.4) is 0 Å². The molecule has 1 amide bonds. The van der Waals surface area contributed by atoms with Gasteiger partial charge in [0.05, 0.1) is 24.2 Å². The third-order valence-electron chi connectivity index (χ3n) is 6.54. The summed E-state index contributed by atoms with van der Waals surface area (Å²) in [5, 5.41) is 0. The van der Waals surface area contributed by atoms with E-state index in [4.69, 9.17) is 14.5 Å². The van der Waals surface area contributed by atoms with E-state index >= 15 is 0 Å².